The van der Waals surface area contributed by atoms with Crippen molar-refractivity contribution in [3.05, 3.63) is 0 Å². The first-order valence-electron chi connectivity index (χ1n) is 4.30. The summed E-state index contributed by atoms with van der Waals surface area (Å²) in [5, 5.41) is 36.4. The van der Waals surface area contributed by atoms with Crippen LogP contribution in [0.2, 0.25) is 0 Å². The van der Waals surface area contributed by atoms with Crippen LogP contribution in [0.1, 0.15) is 0 Å². The highest BCUT2D eigenvalue weighted by atomic mass is 31.2. The topological polar surface area (TPSA) is 174 Å². The van der Waals surface area contributed by atoms with Crippen LogP contribution in [0.5, 0.6) is 0 Å². The van der Waals surface area contributed by atoms with Gasteiger partial charge in [0.2, 0.25) is 0 Å². The minimum atomic E-state index is -5.05. The van der Waals surface area contributed by atoms with Crippen molar-refractivity contribution < 1.29 is 48.8 Å². The van der Waals surface area contributed by atoms with Gasteiger partial charge in [0.25, 0.3) is 0 Å². The Hall–Kier alpha value is -0.580. The first kappa shape index (κ1) is 14.5. The second-order valence-electron chi connectivity index (χ2n) is 3.33. The summed E-state index contributed by atoms with van der Waals surface area (Å²) in [6.45, 7) is 0. The Morgan fingerprint density at radius 2 is 1.65 bits per heavy atom. The fourth-order valence-corrected chi connectivity index (χ4v) is 1.72. The third kappa shape index (κ3) is 3.44. The van der Waals surface area contributed by atoms with Gasteiger partial charge in [0.15, 0.2) is 12.4 Å². The lowest BCUT2D eigenvalue weighted by Crippen LogP contribution is -2.60. The molecule has 0 amide bonds. The molecule has 5 atom stereocenters. The number of carboxylic acids is 1. The SMILES string of the molecule is O=C(O)[C@H]1O[C@H](OP(=O)(O)O)[C@H](O)[C@@H](O)[C@@H]1O. The molecule has 1 aliphatic rings. The molecular formula is C6H11O10P. The molecule has 0 aliphatic carbocycles. The molecular weight excluding hydrogens is 263 g/mol. The average Bonchev–Trinajstić information content (AvgIpc) is 2.16. The van der Waals surface area contributed by atoms with E-state index in [1.807, 2.05) is 0 Å². The highest BCUT2D eigenvalue weighted by Gasteiger charge is 2.49. The van der Waals surface area contributed by atoms with Gasteiger partial charge in [-0.25, -0.2) is 9.36 Å². The van der Waals surface area contributed by atoms with Crippen molar-refractivity contribution in [2.45, 2.75) is 30.7 Å². The minimum absolute atomic E-state index is 1.68. The summed E-state index contributed by atoms with van der Waals surface area (Å²) in [6.07, 6.45) is -9.94. The van der Waals surface area contributed by atoms with E-state index in [9.17, 15) is 24.7 Å². The zero-order valence-electron chi connectivity index (χ0n) is 8.15. The van der Waals surface area contributed by atoms with Crippen LogP contribution in [0.4, 0.5) is 0 Å². The molecule has 1 fully saturated rings. The molecule has 0 bridgehead atoms. The van der Waals surface area contributed by atoms with Crippen LogP contribution in [0.3, 0.4) is 0 Å². The summed E-state index contributed by atoms with van der Waals surface area (Å²) in [4.78, 5) is 27.5. The monoisotopic (exact) mass is 274 g/mol. The largest absolute Gasteiger partial charge is 0.479 e. The quantitative estimate of drug-likeness (QED) is 0.291. The third-order valence-electron chi connectivity index (χ3n) is 2.05. The number of hydrogen-bond donors (Lipinski definition) is 6. The van der Waals surface area contributed by atoms with Gasteiger partial charge in [0.05, 0.1) is 0 Å². The van der Waals surface area contributed by atoms with E-state index >= 15 is 0 Å². The number of aliphatic carboxylic acids is 1. The van der Waals surface area contributed by atoms with Gasteiger partial charge >= 0.3 is 13.8 Å². The van der Waals surface area contributed by atoms with Crippen LogP contribution in [-0.2, 0) is 18.6 Å². The van der Waals surface area contributed by atoms with Gasteiger partial charge in [-0.3, -0.25) is 4.52 Å². The van der Waals surface area contributed by atoms with Crippen molar-refractivity contribution >= 4 is 13.8 Å². The van der Waals surface area contributed by atoms with Crippen LogP contribution in [0.25, 0.3) is 0 Å². The van der Waals surface area contributed by atoms with Gasteiger partial charge < -0.3 is 34.9 Å². The number of phosphoric acid groups is 1. The van der Waals surface area contributed by atoms with Crippen molar-refractivity contribution in [3.63, 3.8) is 0 Å². The lowest BCUT2D eigenvalue weighted by molar-refractivity contribution is -0.274. The molecule has 17 heavy (non-hydrogen) atoms. The summed E-state index contributed by atoms with van der Waals surface area (Å²) in [7, 11) is -5.05. The standard InChI is InChI=1S/C6H11O10P/c7-1-2(8)4(5(10)11)15-6(3(1)9)16-17(12,13)14/h1-4,6-9H,(H,10,11)(H2,12,13,14)/t1-,2-,3+,4-,6+/m0/s1. The Balaban J connectivity index is 2.85. The van der Waals surface area contributed by atoms with Crippen LogP contribution in [0, 0.1) is 0 Å². The van der Waals surface area contributed by atoms with E-state index in [0.717, 1.165) is 0 Å². The van der Waals surface area contributed by atoms with Crippen LogP contribution >= 0.6 is 7.82 Å². The van der Waals surface area contributed by atoms with Crippen molar-refractivity contribution in [2.75, 3.05) is 0 Å². The number of ether oxygens (including phenoxy) is 1. The van der Waals surface area contributed by atoms with Gasteiger partial charge in [0, 0.05) is 0 Å². The summed E-state index contributed by atoms with van der Waals surface area (Å²) < 4.78 is 18.9. The second-order valence-corrected chi connectivity index (χ2v) is 4.52. The predicted octanol–water partition coefficient (Wildman–Crippen LogP) is -3.01. The maximum Gasteiger partial charge on any atom is 0.472 e. The maximum absolute atomic E-state index is 10.6. The van der Waals surface area contributed by atoms with E-state index in [0.29, 0.717) is 0 Å². The van der Waals surface area contributed by atoms with Crippen LogP contribution in [-0.4, -0.2) is 66.9 Å². The molecule has 1 saturated heterocycles. The summed E-state index contributed by atoms with van der Waals surface area (Å²) in [5.74, 6) is -1.68. The highest BCUT2D eigenvalue weighted by molar-refractivity contribution is 7.46. The van der Waals surface area contributed by atoms with Crippen LogP contribution < -0.4 is 0 Å². The molecule has 1 rings (SSSR count). The van der Waals surface area contributed by atoms with E-state index in [1.54, 1.807) is 0 Å². The molecule has 0 aromatic carbocycles. The van der Waals surface area contributed by atoms with Gasteiger partial charge in [0.1, 0.15) is 18.3 Å². The number of rotatable bonds is 3. The second kappa shape index (κ2) is 4.96. The Labute approximate surface area is 94.3 Å². The fraction of sp³-hybridized carbons (Fsp3) is 0.833. The van der Waals surface area contributed by atoms with Gasteiger partial charge in [-0.2, -0.15) is 0 Å². The van der Waals surface area contributed by atoms with E-state index in [1.165, 1.54) is 0 Å². The number of carbonyl (C=O) groups is 1. The first-order chi connectivity index (χ1) is 7.63. The van der Waals surface area contributed by atoms with Gasteiger partial charge in [-0.15, -0.1) is 0 Å². The lowest BCUT2D eigenvalue weighted by atomic mass is 9.99. The first-order valence-corrected chi connectivity index (χ1v) is 5.83. The van der Waals surface area contributed by atoms with Crippen molar-refractivity contribution in [3.8, 4) is 0 Å². The number of carboxylic acid groups (broad SMARTS) is 1. The number of hydrogen-bond acceptors (Lipinski definition) is 7. The Kier molecular flexibility index (Phi) is 4.23. The molecule has 0 aromatic rings. The molecule has 10 nitrogen and oxygen atoms in total. The highest BCUT2D eigenvalue weighted by Crippen LogP contribution is 2.40. The molecule has 100 valence electrons. The lowest BCUT2D eigenvalue weighted by Gasteiger charge is -2.38. The molecule has 11 heteroatoms. The van der Waals surface area contributed by atoms with Gasteiger partial charge in [-0.1, -0.05) is 0 Å². The van der Waals surface area contributed by atoms with E-state index in [2.05, 4.69) is 9.26 Å². The molecule has 0 unspecified atom stereocenters. The molecule has 1 heterocycles. The number of aliphatic hydroxyl groups excluding tert-OH is 3. The van der Waals surface area contributed by atoms with Gasteiger partial charge in [-0.05, 0) is 0 Å². The summed E-state index contributed by atoms with van der Waals surface area (Å²) in [5.41, 5.74) is 0. The Bertz CT molecular complexity index is 338. The molecule has 0 radical (unpaired) electrons. The Morgan fingerprint density at radius 1 is 1.12 bits per heavy atom. The molecule has 0 saturated carbocycles. The number of aliphatic hydroxyl groups is 3. The van der Waals surface area contributed by atoms with Crippen molar-refractivity contribution in [1.29, 1.82) is 0 Å². The molecule has 0 spiro atoms. The average molecular weight is 274 g/mol. The van der Waals surface area contributed by atoms with E-state index in [-0.39, 0.29) is 0 Å². The molecule has 1 aliphatic heterocycles. The third-order valence-corrected chi connectivity index (χ3v) is 2.54. The van der Waals surface area contributed by atoms with Crippen LogP contribution in [0.15, 0.2) is 0 Å². The minimum Gasteiger partial charge on any atom is -0.479 e. The summed E-state index contributed by atoms with van der Waals surface area (Å²) in [6, 6.07) is 0. The van der Waals surface area contributed by atoms with Crippen molar-refractivity contribution in [1.82, 2.24) is 0 Å². The number of phosphoric ester groups is 1. The maximum atomic E-state index is 10.6. The molecule has 0 aromatic heterocycles. The summed E-state index contributed by atoms with van der Waals surface area (Å²) >= 11 is 0. The zero-order chi connectivity index (χ0) is 13.4. The zero-order valence-corrected chi connectivity index (χ0v) is 9.04. The van der Waals surface area contributed by atoms with E-state index in [4.69, 9.17) is 14.9 Å². The fourth-order valence-electron chi connectivity index (χ4n) is 1.27. The van der Waals surface area contributed by atoms with E-state index < -0.39 is 44.5 Å². The normalized spacial score (nSPS) is 39.0. The van der Waals surface area contributed by atoms with Crippen molar-refractivity contribution in [2.24, 2.45) is 0 Å². The smallest absolute Gasteiger partial charge is 0.472 e. The predicted molar refractivity (Wildman–Crippen MR) is 47.4 cm³/mol. The Morgan fingerprint density at radius 3 is 2.06 bits per heavy atom. The molecule has 6 N–H and O–H groups in total.